The fraction of sp³-hybridized carbons (Fsp3) is 0.320. The van der Waals surface area contributed by atoms with Gasteiger partial charge < -0.3 is 19.7 Å². The molecule has 2 aromatic heterocycles. The van der Waals surface area contributed by atoms with Gasteiger partial charge in [-0.25, -0.2) is 9.98 Å². The first-order valence-electron chi connectivity index (χ1n) is 11.2. The van der Waals surface area contributed by atoms with Crippen LogP contribution < -0.4 is 15.8 Å². The Kier molecular flexibility index (Phi) is 7.17. The monoisotopic (exact) mass is 430 g/mol. The average Bonchev–Trinajstić information content (AvgIpc) is 2.85. The number of hydrogen-bond donors (Lipinski definition) is 1. The molecule has 7 heteroatoms. The van der Waals surface area contributed by atoms with Crippen molar-refractivity contribution in [1.82, 2.24) is 19.8 Å². The number of guanidine groups is 1. The van der Waals surface area contributed by atoms with Crippen LogP contribution in [0.2, 0.25) is 0 Å². The molecular weight excluding hydrogens is 400 g/mol. The summed E-state index contributed by atoms with van der Waals surface area (Å²) in [6, 6.07) is 19.6. The number of anilines is 1. The van der Waals surface area contributed by atoms with Gasteiger partial charge in [0.15, 0.2) is 5.96 Å². The summed E-state index contributed by atoms with van der Waals surface area (Å²) in [5.74, 6) is 1.99. The van der Waals surface area contributed by atoms with Crippen molar-refractivity contribution in [3.63, 3.8) is 0 Å². The van der Waals surface area contributed by atoms with E-state index in [1.54, 1.807) is 16.7 Å². The van der Waals surface area contributed by atoms with Crippen molar-refractivity contribution < 1.29 is 0 Å². The van der Waals surface area contributed by atoms with Crippen LogP contribution in [0.4, 0.5) is 5.82 Å². The van der Waals surface area contributed by atoms with E-state index in [0.717, 1.165) is 55.6 Å². The largest absolute Gasteiger partial charge is 0.357 e. The molecule has 0 bridgehead atoms. The second-order valence-electron chi connectivity index (χ2n) is 7.82. The van der Waals surface area contributed by atoms with E-state index in [0.29, 0.717) is 13.1 Å². The third-order valence-corrected chi connectivity index (χ3v) is 5.57. The Balaban J connectivity index is 1.36. The molecule has 3 heterocycles. The van der Waals surface area contributed by atoms with E-state index in [-0.39, 0.29) is 5.56 Å². The topological polar surface area (TPSA) is 65.8 Å². The number of aliphatic imine (C=N–C) groups is 1. The Morgan fingerprint density at radius 1 is 0.969 bits per heavy atom. The summed E-state index contributed by atoms with van der Waals surface area (Å²) < 4.78 is 1.71. The SMILES string of the molecule is CCNC(=NCc1ccc(Cn2ccccc2=O)cc1)N1CCN(c2ccccn2)CC1. The van der Waals surface area contributed by atoms with Crippen molar-refractivity contribution >= 4 is 11.8 Å². The smallest absolute Gasteiger partial charge is 0.250 e. The molecule has 0 spiro atoms. The number of hydrogen-bond acceptors (Lipinski definition) is 4. The average molecular weight is 431 g/mol. The van der Waals surface area contributed by atoms with Gasteiger partial charge >= 0.3 is 0 Å². The molecule has 1 saturated heterocycles. The second kappa shape index (κ2) is 10.6. The Labute approximate surface area is 189 Å². The standard InChI is InChI=1S/C25H30N6O/c1-2-26-25(30-17-15-29(16-18-30)23-7-3-5-13-27-23)28-19-21-9-11-22(12-10-21)20-31-14-6-4-8-24(31)32/h3-14H,2,15-20H2,1H3,(H,26,28). The molecule has 1 N–H and O–H groups in total. The van der Waals surface area contributed by atoms with E-state index in [2.05, 4.69) is 57.4 Å². The van der Waals surface area contributed by atoms with Gasteiger partial charge in [-0.1, -0.05) is 36.4 Å². The molecular formula is C25H30N6O. The van der Waals surface area contributed by atoms with Gasteiger partial charge in [0, 0.05) is 51.2 Å². The maximum atomic E-state index is 11.9. The van der Waals surface area contributed by atoms with Gasteiger partial charge in [0.1, 0.15) is 5.82 Å². The van der Waals surface area contributed by atoms with Crippen LogP contribution in [-0.2, 0) is 13.1 Å². The summed E-state index contributed by atoms with van der Waals surface area (Å²) >= 11 is 0. The molecule has 166 valence electrons. The van der Waals surface area contributed by atoms with Gasteiger partial charge in [-0.3, -0.25) is 4.79 Å². The number of nitrogens with one attached hydrogen (secondary N) is 1. The number of nitrogens with zero attached hydrogens (tertiary/aromatic N) is 5. The molecule has 3 aromatic rings. The zero-order chi connectivity index (χ0) is 22.2. The minimum atomic E-state index is 0.0135. The molecule has 4 rings (SSSR count). The fourth-order valence-corrected chi connectivity index (χ4v) is 3.82. The van der Waals surface area contributed by atoms with Crippen LogP contribution in [0.15, 0.2) is 82.8 Å². The van der Waals surface area contributed by atoms with E-state index >= 15 is 0 Å². The second-order valence-corrected chi connectivity index (χ2v) is 7.82. The molecule has 0 atom stereocenters. The molecule has 7 nitrogen and oxygen atoms in total. The lowest BCUT2D eigenvalue weighted by molar-refractivity contribution is 0.371. The van der Waals surface area contributed by atoms with Crippen molar-refractivity contribution in [2.75, 3.05) is 37.6 Å². The van der Waals surface area contributed by atoms with E-state index in [1.165, 1.54) is 0 Å². The Morgan fingerprint density at radius 3 is 2.41 bits per heavy atom. The lowest BCUT2D eigenvalue weighted by Crippen LogP contribution is -2.52. The lowest BCUT2D eigenvalue weighted by Gasteiger charge is -2.37. The van der Waals surface area contributed by atoms with Gasteiger partial charge in [0.25, 0.3) is 5.56 Å². The van der Waals surface area contributed by atoms with Crippen LogP contribution in [0.25, 0.3) is 0 Å². The summed E-state index contributed by atoms with van der Waals surface area (Å²) in [5, 5.41) is 3.43. The third-order valence-electron chi connectivity index (χ3n) is 5.57. The van der Waals surface area contributed by atoms with Crippen LogP contribution in [0, 0.1) is 0 Å². The van der Waals surface area contributed by atoms with Gasteiger partial charge in [-0.2, -0.15) is 0 Å². The van der Waals surface area contributed by atoms with Gasteiger partial charge in [-0.15, -0.1) is 0 Å². The summed E-state index contributed by atoms with van der Waals surface area (Å²) in [6.07, 6.45) is 3.66. The minimum Gasteiger partial charge on any atom is -0.357 e. The molecule has 1 fully saturated rings. The summed E-state index contributed by atoms with van der Waals surface area (Å²) in [7, 11) is 0. The lowest BCUT2D eigenvalue weighted by atomic mass is 10.1. The van der Waals surface area contributed by atoms with Crippen molar-refractivity contribution in [3.05, 3.63) is 94.5 Å². The number of aromatic nitrogens is 2. The van der Waals surface area contributed by atoms with Crippen molar-refractivity contribution in [1.29, 1.82) is 0 Å². The third kappa shape index (κ3) is 5.55. The Morgan fingerprint density at radius 2 is 1.72 bits per heavy atom. The van der Waals surface area contributed by atoms with Crippen LogP contribution in [0.3, 0.4) is 0 Å². The molecule has 0 aliphatic carbocycles. The zero-order valence-electron chi connectivity index (χ0n) is 18.5. The van der Waals surface area contributed by atoms with E-state index in [9.17, 15) is 4.79 Å². The maximum Gasteiger partial charge on any atom is 0.250 e. The van der Waals surface area contributed by atoms with E-state index in [4.69, 9.17) is 4.99 Å². The highest BCUT2D eigenvalue weighted by Crippen LogP contribution is 2.13. The van der Waals surface area contributed by atoms with Gasteiger partial charge in [0.2, 0.25) is 0 Å². The van der Waals surface area contributed by atoms with Crippen LogP contribution in [0.5, 0.6) is 0 Å². The van der Waals surface area contributed by atoms with Crippen molar-refractivity contribution in [2.24, 2.45) is 4.99 Å². The predicted molar refractivity (Wildman–Crippen MR) is 129 cm³/mol. The molecule has 0 saturated carbocycles. The van der Waals surface area contributed by atoms with Gasteiger partial charge in [-0.05, 0) is 36.2 Å². The molecule has 1 aliphatic rings. The van der Waals surface area contributed by atoms with Crippen LogP contribution in [0.1, 0.15) is 18.1 Å². The van der Waals surface area contributed by atoms with Crippen LogP contribution >= 0.6 is 0 Å². The first kappa shape index (κ1) is 21.6. The first-order valence-corrected chi connectivity index (χ1v) is 11.2. The van der Waals surface area contributed by atoms with E-state index < -0.39 is 0 Å². The number of rotatable bonds is 6. The number of piperazine rings is 1. The maximum absolute atomic E-state index is 11.9. The Bertz CT molecular complexity index is 1070. The molecule has 0 unspecified atom stereocenters. The fourth-order valence-electron chi connectivity index (χ4n) is 3.82. The Hall–Kier alpha value is -3.61. The van der Waals surface area contributed by atoms with Crippen LogP contribution in [-0.4, -0.2) is 53.1 Å². The highest BCUT2D eigenvalue weighted by molar-refractivity contribution is 5.80. The first-order chi connectivity index (χ1) is 15.7. The normalized spacial score (nSPS) is 14.5. The summed E-state index contributed by atoms with van der Waals surface area (Å²) in [5.41, 5.74) is 2.26. The predicted octanol–water partition coefficient (Wildman–Crippen LogP) is 2.58. The molecule has 0 amide bonds. The van der Waals surface area contributed by atoms with E-state index in [1.807, 2.05) is 30.6 Å². The highest BCUT2D eigenvalue weighted by atomic mass is 16.1. The summed E-state index contributed by atoms with van der Waals surface area (Å²) in [6.45, 7) is 7.80. The zero-order valence-corrected chi connectivity index (χ0v) is 18.5. The van der Waals surface area contributed by atoms with Crippen molar-refractivity contribution in [2.45, 2.75) is 20.0 Å². The quantitative estimate of drug-likeness (QED) is 0.481. The molecule has 1 aromatic carbocycles. The highest BCUT2D eigenvalue weighted by Gasteiger charge is 2.20. The molecule has 0 radical (unpaired) electrons. The number of benzene rings is 1. The minimum absolute atomic E-state index is 0.0135. The van der Waals surface area contributed by atoms with Crippen molar-refractivity contribution in [3.8, 4) is 0 Å². The molecule has 1 aliphatic heterocycles. The number of pyridine rings is 2. The summed E-state index contributed by atoms with van der Waals surface area (Å²) in [4.78, 5) is 25.9. The van der Waals surface area contributed by atoms with Gasteiger partial charge in [0.05, 0.1) is 13.1 Å². The molecule has 32 heavy (non-hydrogen) atoms.